The van der Waals surface area contributed by atoms with Gasteiger partial charge in [-0.3, -0.25) is 0 Å². The molecular formula is C14H28N2O. The van der Waals surface area contributed by atoms with Gasteiger partial charge in [-0.15, -0.1) is 0 Å². The third kappa shape index (κ3) is 4.94. The molecule has 0 radical (unpaired) electrons. The summed E-state index contributed by atoms with van der Waals surface area (Å²) in [4.78, 5) is 2.53. The van der Waals surface area contributed by atoms with Crippen molar-refractivity contribution >= 4 is 0 Å². The van der Waals surface area contributed by atoms with Crippen LogP contribution in [0.15, 0.2) is 0 Å². The zero-order chi connectivity index (χ0) is 11.9. The van der Waals surface area contributed by atoms with Crippen molar-refractivity contribution in [2.24, 2.45) is 11.8 Å². The first kappa shape index (κ1) is 13.3. The van der Waals surface area contributed by atoms with Gasteiger partial charge in [-0.05, 0) is 70.6 Å². The summed E-state index contributed by atoms with van der Waals surface area (Å²) >= 11 is 0. The third-order valence-corrected chi connectivity index (χ3v) is 4.23. The van der Waals surface area contributed by atoms with Crippen LogP contribution < -0.4 is 5.32 Å². The zero-order valence-corrected chi connectivity index (χ0v) is 11.3. The van der Waals surface area contributed by atoms with Crippen LogP contribution in [0.2, 0.25) is 0 Å². The Morgan fingerprint density at radius 3 is 2.71 bits per heavy atom. The van der Waals surface area contributed by atoms with E-state index in [0.29, 0.717) is 0 Å². The molecule has 2 rings (SSSR count). The van der Waals surface area contributed by atoms with Gasteiger partial charge in [0.2, 0.25) is 0 Å². The van der Waals surface area contributed by atoms with E-state index in [1.807, 2.05) is 0 Å². The molecule has 0 saturated carbocycles. The van der Waals surface area contributed by atoms with Gasteiger partial charge in [-0.1, -0.05) is 0 Å². The lowest BCUT2D eigenvalue weighted by Gasteiger charge is -2.29. The van der Waals surface area contributed by atoms with E-state index in [1.54, 1.807) is 0 Å². The molecule has 2 aliphatic heterocycles. The Balaban J connectivity index is 1.57. The van der Waals surface area contributed by atoms with Gasteiger partial charge in [0.15, 0.2) is 0 Å². The Morgan fingerprint density at radius 2 is 2.00 bits per heavy atom. The summed E-state index contributed by atoms with van der Waals surface area (Å²) in [5, 5.41) is 3.50. The highest BCUT2D eigenvalue weighted by atomic mass is 16.5. The van der Waals surface area contributed by atoms with Crippen molar-refractivity contribution in [3.05, 3.63) is 0 Å². The lowest BCUT2D eigenvalue weighted by atomic mass is 9.95. The van der Waals surface area contributed by atoms with Crippen molar-refractivity contribution in [2.45, 2.75) is 32.1 Å². The quantitative estimate of drug-likeness (QED) is 0.792. The SMILES string of the molecule is CN(CCC1CCCNC1)CC1CCOCC1. The molecule has 1 N–H and O–H groups in total. The van der Waals surface area contributed by atoms with Crippen LogP contribution in [0.4, 0.5) is 0 Å². The second-order valence-corrected chi connectivity index (χ2v) is 5.82. The summed E-state index contributed by atoms with van der Waals surface area (Å²) in [6, 6.07) is 0. The predicted molar refractivity (Wildman–Crippen MR) is 71.3 cm³/mol. The van der Waals surface area contributed by atoms with Crippen molar-refractivity contribution in [1.82, 2.24) is 10.2 Å². The van der Waals surface area contributed by atoms with Gasteiger partial charge < -0.3 is 15.0 Å². The van der Waals surface area contributed by atoms with Crippen molar-refractivity contribution in [1.29, 1.82) is 0 Å². The molecule has 3 nitrogen and oxygen atoms in total. The summed E-state index contributed by atoms with van der Waals surface area (Å²) in [6.07, 6.45) is 6.68. The fraction of sp³-hybridized carbons (Fsp3) is 1.00. The largest absolute Gasteiger partial charge is 0.381 e. The molecule has 2 saturated heterocycles. The van der Waals surface area contributed by atoms with Crippen LogP contribution in [0.1, 0.15) is 32.1 Å². The highest BCUT2D eigenvalue weighted by molar-refractivity contribution is 4.72. The second kappa shape index (κ2) is 7.34. The Morgan fingerprint density at radius 1 is 1.18 bits per heavy atom. The standard InChI is InChI=1S/C14H28N2O/c1-16(12-14-5-9-17-10-6-14)8-4-13-3-2-7-15-11-13/h13-15H,2-12H2,1H3. The maximum atomic E-state index is 5.41. The first-order chi connectivity index (χ1) is 8.34. The van der Waals surface area contributed by atoms with Crippen LogP contribution in [0.3, 0.4) is 0 Å². The average Bonchev–Trinajstić information content (AvgIpc) is 2.39. The number of nitrogens with zero attached hydrogens (tertiary/aromatic N) is 1. The first-order valence-corrected chi connectivity index (χ1v) is 7.31. The summed E-state index contributed by atoms with van der Waals surface area (Å²) in [5.41, 5.74) is 0. The second-order valence-electron chi connectivity index (χ2n) is 5.82. The summed E-state index contributed by atoms with van der Waals surface area (Å²) in [7, 11) is 2.28. The van der Waals surface area contributed by atoms with Crippen LogP contribution in [0.25, 0.3) is 0 Å². The maximum Gasteiger partial charge on any atom is 0.0469 e. The van der Waals surface area contributed by atoms with E-state index >= 15 is 0 Å². The number of hydrogen-bond acceptors (Lipinski definition) is 3. The molecule has 1 unspecified atom stereocenters. The summed E-state index contributed by atoms with van der Waals surface area (Å²) < 4.78 is 5.41. The molecule has 3 heteroatoms. The minimum absolute atomic E-state index is 0.873. The van der Waals surface area contributed by atoms with Gasteiger partial charge in [0.1, 0.15) is 0 Å². The van der Waals surface area contributed by atoms with E-state index < -0.39 is 0 Å². The molecule has 2 fully saturated rings. The van der Waals surface area contributed by atoms with E-state index in [1.165, 1.54) is 58.3 Å². The fourth-order valence-corrected chi connectivity index (χ4v) is 3.03. The predicted octanol–water partition coefficient (Wildman–Crippen LogP) is 1.73. The van der Waals surface area contributed by atoms with E-state index in [0.717, 1.165) is 25.0 Å². The fourth-order valence-electron chi connectivity index (χ4n) is 3.03. The third-order valence-electron chi connectivity index (χ3n) is 4.23. The molecule has 0 spiro atoms. The molecular weight excluding hydrogens is 212 g/mol. The molecule has 0 amide bonds. The Labute approximate surface area is 106 Å². The van der Waals surface area contributed by atoms with Gasteiger partial charge in [0.05, 0.1) is 0 Å². The molecule has 2 heterocycles. The van der Waals surface area contributed by atoms with Crippen molar-refractivity contribution in [3.8, 4) is 0 Å². The van der Waals surface area contributed by atoms with Gasteiger partial charge in [0.25, 0.3) is 0 Å². The van der Waals surface area contributed by atoms with Gasteiger partial charge in [-0.2, -0.15) is 0 Å². The average molecular weight is 240 g/mol. The van der Waals surface area contributed by atoms with Crippen LogP contribution in [-0.2, 0) is 4.74 Å². The molecule has 17 heavy (non-hydrogen) atoms. The molecule has 0 aliphatic carbocycles. The molecule has 0 aromatic heterocycles. The van der Waals surface area contributed by atoms with Gasteiger partial charge in [-0.25, -0.2) is 0 Å². The topological polar surface area (TPSA) is 24.5 Å². The van der Waals surface area contributed by atoms with E-state index in [9.17, 15) is 0 Å². The maximum absolute atomic E-state index is 5.41. The van der Waals surface area contributed by atoms with Gasteiger partial charge in [0, 0.05) is 19.8 Å². The smallest absolute Gasteiger partial charge is 0.0469 e. The minimum atomic E-state index is 0.873. The van der Waals surface area contributed by atoms with Crippen LogP contribution in [0.5, 0.6) is 0 Å². The van der Waals surface area contributed by atoms with Crippen LogP contribution >= 0.6 is 0 Å². The Bertz CT molecular complexity index is 198. The lowest BCUT2D eigenvalue weighted by molar-refractivity contribution is 0.0550. The van der Waals surface area contributed by atoms with Crippen molar-refractivity contribution < 1.29 is 4.74 Å². The van der Waals surface area contributed by atoms with Crippen molar-refractivity contribution in [3.63, 3.8) is 0 Å². The zero-order valence-electron chi connectivity index (χ0n) is 11.3. The molecule has 1 atom stereocenters. The molecule has 0 aromatic rings. The Hall–Kier alpha value is -0.120. The van der Waals surface area contributed by atoms with Gasteiger partial charge >= 0.3 is 0 Å². The number of rotatable bonds is 5. The minimum Gasteiger partial charge on any atom is -0.381 e. The van der Waals surface area contributed by atoms with Crippen LogP contribution in [0, 0.1) is 11.8 Å². The van der Waals surface area contributed by atoms with Crippen molar-refractivity contribution in [2.75, 3.05) is 46.4 Å². The molecule has 0 bridgehead atoms. The van der Waals surface area contributed by atoms with Crippen LogP contribution in [-0.4, -0.2) is 51.3 Å². The number of hydrogen-bond donors (Lipinski definition) is 1. The van der Waals surface area contributed by atoms with E-state index in [-0.39, 0.29) is 0 Å². The normalized spacial score (nSPS) is 27.5. The Kier molecular flexibility index (Phi) is 5.75. The highest BCUT2D eigenvalue weighted by Gasteiger charge is 2.17. The number of nitrogens with one attached hydrogen (secondary N) is 1. The summed E-state index contributed by atoms with van der Waals surface area (Å²) in [5.74, 6) is 1.79. The lowest BCUT2D eigenvalue weighted by Crippen LogP contribution is -2.34. The molecule has 2 aliphatic rings. The molecule has 0 aromatic carbocycles. The monoisotopic (exact) mass is 240 g/mol. The van der Waals surface area contributed by atoms with E-state index in [2.05, 4.69) is 17.3 Å². The van der Waals surface area contributed by atoms with E-state index in [4.69, 9.17) is 4.74 Å². The first-order valence-electron chi connectivity index (χ1n) is 7.31. The number of piperidine rings is 1. The summed E-state index contributed by atoms with van der Waals surface area (Å²) in [6.45, 7) is 6.96. The highest BCUT2D eigenvalue weighted by Crippen LogP contribution is 2.17. The number of ether oxygens (including phenoxy) is 1. The molecule has 100 valence electrons.